The molecule has 0 heterocycles. The molecule has 4 nitrogen and oxygen atoms in total. The first-order chi connectivity index (χ1) is 8.99. The molecule has 0 saturated carbocycles. The van der Waals surface area contributed by atoms with Crippen LogP contribution in [0.4, 0.5) is 0 Å². The number of aliphatic hydroxyl groups excluding tert-OH is 1. The Labute approximate surface area is 115 Å². The van der Waals surface area contributed by atoms with Gasteiger partial charge in [-0.25, -0.2) is 0 Å². The number of nitrogens with two attached hydrogens (primary N) is 1. The van der Waals surface area contributed by atoms with Crippen LogP contribution in [0.2, 0.25) is 0 Å². The molecule has 108 valence electrons. The highest BCUT2D eigenvalue weighted by atomic mass is 16.5. The maximum absolute atomic E-state index is 9.42. The fraction of sp³-hybridized carbons (Fsp3) is 0.600. The fourth-order valence-corrected chi connectivity index (χ4v) is 1.94. The summed E-state index contributed by atoms with van der Waals surface area (Å²) in [4.78, 5) is 0. The molecule has 0 aliphatic carbocycles. The standard InChI is InChI=1S/C15H25NO3/c1-10(2)12-6-5-11(3)7-14(12)19-15(8-17)13(16)9-18-4/h5-7,10,13,15,17H,8-9,16H2,1-4H3. The molecular formula is C15H25NO3. The molecule has 0 fully saturated rings. The number of aryl methyl sites for hydroxylation is 1. The van der Waals surface area contributed by atoms with Crippen LogP contribution in [0.3, 0.4) is 0 Å². The second-order valence-corrected chi connectivity index (χ2v) is 5.15. The van der Waals surface area contributed by atoms with Crippen LogP contribution in [-0.2, 0) is 4.74 Å². The monoisotopic (exact) mass is 267 g/mol. The van der Waals surface area contributed by atoms with E-state index >= 15 is 0 Å². The van der Waals surface area contributed by atoms with E-state index in [-0.39, 0.29) is 12.6 Å². The van der Waals surface area contributed by atoms with Crippen LogP contribution in [-0.4, -0.2) is 37.6 Å². The normalized spacial score (nSPS) is 14.5. The second-order valence-electron chi connectivity index (χ2n) is 5.15. The first-order valence-electron chi connectivity index (χ1n) is 6.62. The van der Waals surface area contributed by atoms with E-state index in [9.17, 15) is 5.11 Å². The molecule has 1 aromatic carbocycles. The molecule has 0 aromatic heterocycles. The molecule has 2 atom stereocenters. The van der Waals surface area contributed by atoms with Gasteiger partial charge in [0.1, 0.15) is 11.9 Å². The highest BCUT2D eigenvalue weighted by molar-refractivity contribution is 5.39. The van der Waals surface area contributed by atoms with E-state index in [4.69, 9.17) is 15.2 Å². The van der Waals surface area contributed by atoms with Crippen molar-refractivity contribution >= 4 is 0 Å². The summed E-state index contributed by atoms with van der Waals surface area (Å²) in [5.41, 5.74) is 8.18. The van der Waals surface area contributed by atoms with Gasteiger partial charge in [0.05, 0.1) is 19.3 Å². The zero-order valence-electron chi connectivity index (χ0n) is 12.2. The van der Waals surface area contributed by atoms with Gasteiger partial charge >= 0.3 is 0 Å². The van der Waals surface area contributed by atoms with E-state index in [2.05, 4.69) is 26.0 Å². The summed E-state index contributed by atoms with van der Waals surface area (Å²) < 4.78 is 10.9. The van der Waals surface area contributed by atoms with Crippen molar-refractivity contribution in [1.82, 2.24) is 0 Å². The zero-order valence-corrected chi connectivity index (χ0v) is 12.2. The Balaban J connectivity index is 2.92. The van der Waals surface area contributed by atoms with Gasteiger partial charge in [-0.05, 0) is 30.0 Å². The van der Waals surface area contributed by atoms with Gasteiger partial charge in [-0.2, -0.15) is 0 Å². The number of rotatable bonds is 7. The molecule has 0 radical (unpaired) electrons. The Morgan fingerprint density at radius 3 is 2.53 bits per heavy atom. The smallest absolute Gasteiger partial charge is 0.139 e. The third-order valence-electron chi connectivity index (χ3n) is 3.09. The van der Waals surface area contributed by atoms with Crippen molar-refractivity contribution in [3.05, 3.63) is 29.3 Å². The van der Waals surface area contributed by atoms with Crippen LogP contribution in [0.1, 0.15) is 30.9 Å². The summed E-state index contributed by atoms with van der Waals surface area (Å²) in [6, 6.07) is 5.75. The predicted octanol–water partition coefficient (Wildman–Crippen LogP) is 1.83. The third kappa shape index (κ3) is 4.49. The van der Waals surface area contributed by atoms with E-state index in [0.717, 1.165) is 16.9 Å². The minimum atomic E-state index is -0.459. The largest absolute Gasteiger partial charge is 0.486 e. The van der Waals surface area contributed by atoms with Gasteiger partial charge in [-0.15, -0.1) is 0 Å². The van der Waals surface area contributed by atoms with Gasteiger partial charge in [-0.3, -0.25) is 0 Å². The Morgan fingerprint density at radius 2 is 2.00 bits per heavy atom. The van der Waals surface area contributed by atoms with E-state index in [1.54, 1.807) is 7.11 Å². The summed E-state index contributed by atoms with van der Waals surface area (Å²) in [6.45, 7) is 6.46. The molecule has 0 saturated heterocycles. The van der Waals surface area contributed by atoms with E-state index in [0.29, 0.717) is 12.5 Å². The third-order valence-corrected chi connectivity index (χ3v) is 3.09. The highest BCUT2D eigenvalue weighted by Crippen LogP contribution is 2.28. The maximum Gasteiger partial charge on any atom is 0.139 e. The van der Waals surface area contributed by atoms with Crippen LogP contribution in [0, 0.1) is 6.92 Å². The lowest BCUT2D eigenvalue weighted by molar-refractivity contribution is 0.0597. The van der Waals surface area contributed by atoms with E-state index in [1.807, 2.05) is 13.0 Å². The first kappa shape index (κ1) is 16.0. The molecule has 0 aliphatic rings. The number of hydrogen-bond acceptors (Lipinski definition) is 4. The number of ether oxygens (including phenoxy) is 2. The van der Waals surface area contributed by atoms with Crippen molar-refractivity contribution in [3.63, 3.8) is 0 Å². The summed E-state index contributed by atoms with van der Waals surface area (Å²) in [5.74, 6) is 1.15. The van der Waals surface area contributed by atoms with Crippen LogP contribution in [0.5, 0.6) is 5.75 Å². The first-order valence-corrected chi connectivity index (χ1v) is 6.62. The molecule has 2 unspecified atom stereocenters. The van der Waals surface area contributed by atoms with Crippen molar-refractivity contribution in [2.24, 2.45) is 5.73 Å². The van der Waals surface area contributed by atoms with E-state index < -0.39 is 6.10 Å². The summed E-state index contributed by atoms with van der Waals surface area (Å²) >= 11 is 0. The minimum Gasteiger partial charge on any atom is -0.486 e. The lowest BCUT2D eigenvalue weighted by Crippen LogP contribution is -2.44. The average Bonchev–Trinajstić information content (AvgIpc) is 2.35. The number of aliphatic hydroxyl groups is 1. The Morgan fingerprint density at radius 1 is 1.32 bits per heavy atom. The molecule has 19 heavy (non-hydrogen) atoms. The second kappa shape index (κ2) is 7.48. The molecular weight excluding hydrogens is 242 g/mol. The van der Waals surface area contributed by atoms with Crippen molar-refractivity contribution in [1.29, 1.82) is 0 Å². The molecule has 0 spiro atoms. The number of methoxy groups -OCH3 is 1. The van der Waals surface area contributed by atoms with Crippen LogP contribution in [0.15, 0.2) is 18.2 Å². The Kier molecular flexibility index (Phi) is 6.28. The van der Waals surface area contributed by atoms with Gasteiger partial charge in [0.15, 0.2) is 0 Å². The minimum absolute atomic E-state index is 0.129. The number of benzene rings is 1. The summed E-state index contributed by atoms with van der Waals surface area (Å²) in [5, 5.41) is 9.42. The van der Waals surface area contributed by atoms with Crippen molar-refractivity contribution < 1.29 is 14.6 Å². The van der Waals surface area contributed by atoms with Crippen LogP contribution in [0.25, 0.3) is 0 Å². The van der Waals surface area contributed by atoms with Crippen LogP contribution < -0.4 is 10.5 Å². The van der Waals surface area contributed by atoms with Crippen molar-refractivity contribution in [2.45, 2.75) is 38.8 Å². The SMILES string of the molecule is COCC(N)C(CO)Oc1cc(C)ccc1C(C)C. The van der Waals surface area contributed by atoms with E-state index in [1.165, 1.54) is 0 Å². The maximum atomic E-state index is 9.42. The van der Waals surface area contributed by atoms with Gasteiger partial charge in [0, 0.05) is 7.11 Å². The lowest BCUT2D eigenvalue weighted by Gasteiger charge is -2.25. The number of hydrogen-bond donors (Lipinski definition) is 2. The van der Waals surface area contributed by atoms with Gasteiger partial charge in [0.25, 0.3) is 0 Å². The van der Waals surface area contributed by atoms with Crippen molar-refractivity contribution in [3.8, 4) is 5.75 Å². The van der Waals surface area contributed by atoms with Crippen molar-refractivity contribution in [2.75, 3.05) is 20.3 Å². The average molecular weight is 267 g/mol. The highest BCUT2D eigenvalue weighted by Gasteiger charge is 2.20. The summed E-state index contributed by atoms with van der Waals surface area (Å²) in [6.07, 6.45) is -0.459. The Bertz CT molecular complexity index is 393. The zero-order chi connectivity index (χ0) is 14.4. The molecule has 1 aromatic rings. The van der Waals surface area contributed by atoms with Crippen LogP contribution >= 0.6 is 0 Å². The fourth-order valence-electron chi connectivity index (χ4n) is 1.94. The predicted molar refractivity (Wildman–Crippen MR) is 76.6 cm³/mol. The van der Waals surface area contributed by atoms with Gasteiger partial charge in [-0.1, -0.05) is 26.0 Å². The molecule has 0 aliphatic heterocycles. The lowest BCUT2D eigenvalue weighted by atomic mass is 10.0. The molecule has 3 N–H and O–H groups in total. The van der Waals surface area contributed by atoms with Gasteiger partial charge < -0.3 is 20.3 Å². The molecule has 0 bridgehead atoms. The topological polar surface area (TPSA) is 64.7 Å². The molecule has 4 heteroatoms. The van der Waals surface area contributed by atoms with Gasteiger partial charge in [0.2, 0.25) is 0 Å². The summed E-state index contributed by atoms with van der Waals surface area (Å²) in [7, 11) is 1.58. The molecule has 1 rings (SSSR count). The quantitative estimate of drug-likeness (QED) is 0.791. The Hall–Kier alpha value is -1.10. The molecule has 0 amide bonds.